The molecule has 1 unspecified atom stereocenters. The van der Waals surface area contributed by atoms with Crippen molar-refractivity contribution in [2.24, 2.45) is 0 Å². The number of halogens is 1. The van der Waals surface area contributed by atoms with Gasteiger partial charge in [0.15, 0.2) is 6.10 Å². The number of rotatable bonds is 4. The largest absolute Gasteiger partial charge is 0.509 e. The summed E-state index contributed by atoms with van der Waals surface area (Å²) in [6, 6.07) is 17.5. The van der Waals surface area contributed by atoms with Crippen molar-refractivity contribution in [1.29, 1.82) is 0 Å². The third-order valence-electron chi connectivity index (χ3n) is 3.09. The summed E-state index contributed by atoms with van der Waals surface area (Å²) in [6.07, 6.45) is 2.53. The Bertz CT molecular complexity index is 702. The lowest BCUT2D eigenvalue weighted by Crippen LogP contribution is -2.25. The van der Waals surface area contributed by atoms with Gasteiger partial charge in [0.1, 0.15) is 5.60 Å². The molecule has 0 aliphatic carbocycles. The number of benzene rings is 2. The lowest BCUT2D eigenvalue weighted by atomic mass is 10.1. The Balaban J connectivity index is 2.23. The highest BCUT2D eigenvalue weighted by molar-refractivity contribution is 9.10. The van der Waals surface area contributed by atoms with Crippen molar-refractivity contribution in [3.63, 3.8) is 0 Å². The number of hydrogen-bond acceptors (Lipinski definition) is 3. The van der Waals surface area contributed by atoms with Gasteiger partial charge in [0, 0.05) is 10.0 Å². The van der Waals surface area contributed by atoms with Crippen LogP contribution in [0.15, 0.2) is 65.1 Å². The van der Waals surface area contributed by atoms with Crippen LogP contribution in [-0.4, -0.2) is 11.8 Å². The first-order valence-electron chi connectivity index (χ1n) is 7.72. The minimum Gasteiger partial charge on any atom is -0.429 e. The van der Waals surface area contributed by atoms with Crippen LogP contribution < -0.4 is 0 Å². The fourth-order valence-corrected chi connectivity index (χ4v) is 2.56. The Morgan fingerprint density at radius 2 is 1.67 bits per heavy atom. The molecule has 2 aromatic rings. The van der Waals surface area contributed by atoms with Crippen molar-refractivity contribution in [3.8, 4) is 0 Å². The van der Waals surface area contributed by atoms with Gasteiger partial charge >= 0.3 is 6.16 Å². The second kappa shape index (κ2) is 8.15. The van der Waals surface area contributed by atoms with Crippen molar-refractivity contribution in [2.45, 2.75) is 32.5 Å². The van der Waals surface area contributed by atoms with Gasteiger partial charge in [-0.3, -0.25) is 0 Å². The molecular weight excluding hydrogens is 368 g/mol. The predicted octanol–water partition coefficient (Wildman–Crippen LogP) is 6.16. The lowest BCUT2D eigenvalue weighted by molar-refractivity contribution is -0.0188. The van der Waals surface area contributed by atoms with Crippen LogP contribution in [0, 0.1) is 0 Å². The van der Waals surface area contributed by atoms with E-state index >= 15 is 0 Å². The predicted molar refractivity (Wildman–Crippen MR) is 99.7 cm³/mol. The smallest absolute Gasteiger partial charge is 0.429 e. The van der Waals surface area contributed by atoms with Gasteiger partial charge in [0.2, 0.25) is 0 Å². The molecule has 4 heteroatoms. The maximum atomic E-state index is 12.1. The van der Waals surface area contributed by atoms with Crippen LogP contribution in [0.4, 0.5) is 4.79 Å². The standard InChI is InChI=1S/C20H21BrO3/c1-20(2,3)24-19(22)23-18(16-11-7-8-12-17(16)21)14-13-15-9-5-4-6-10-15/h4-14,18H,1-3H3/b14-13+. The maximum Gasteiger partial charge on any atom is 0.509 e. The summed E-state index contributed by atoms with van der Waals surface area (Å²) in [7, 11) is 0. The molecule has 24 heavy (non-hydrogen) atoms. The minimum absolute atomic E-state index is 0.546. The Morgan fingerprint density at radius 1 is 1.04 bits per heavy atom. The Morgan fingerprint density at radius 3 is 2.29 bits per heavy atom. The van der Waals surface area contributed by atoms with E-state index in [4.69, 9.17) is 9.47 Å². The summed E-state index contributed by atoms with van der Waals surface area (Å²) in [5.74, 6) is 0. The Kier molecular flexibility index (Phi) is 6.21. The van der Waals surface area contributed by atoms with E-state index in [0.29, 0.717) is 0 Å². The molecule has 0 aliphatic heterocycles. The summed E-state index contributed by atoms with van der Waals surface area (Å²) in [5, 5.41) is 0. The van der Waals surface area contributed by atoms with Gasteiger partial charge in [-0.2, -0.15) is 0 Å². The van der Waals surface area contributed by atoms with E-state index in [0.717, 1.165) is 15.6 Å². The van der Waals surface area contributed by atoms with E-state index in [1.807, 2.05) is 87.5 Å². The van der Waals surface area contributed by atoms with Crippen molar-refractivity contribution >= 4 is 28.2 Å². The van der Waals surface area contributed by atoms with Crippen LogP contribution in [0.3, 0.4) is 0 Å². The topological polar surface area (TPSA) is 35.5 Å². The molecule has 0 spiro atoms. The van der Waals surface area contributed by atoms with E-state index in [1.54, 1.807) is 0 Å². The molecule has 0 saturated heterocycles. The third kappa shape index (κ3) is 5.85. The van der Waals surface area contributed by atoms with Crippen LogP contribution in [0.5, 0.6) is 0 Å². The van der Waals surface area contributed by atoms with Crippen molar-refractivity contribution in [1.82, 2.24) is 0 Å². The second-order valence-corrected chi connectivity index (χ2v) is 7.15. The van der Waals surface area contributed by atoms with Gasteiger partial charge in [-0.25, -0.2) is 4.79 Å². The first-order valence-corrected chi connectivity index (χ1v) is 8.52. The van der Waals surface area contributed by atoms with Crippen LogP contribution >= 0.6 is 15.9 Å². The van der Waals surface area contributed by atoms with Crippen LogP contribution in [0.2, 0.25) is 0 Å². The zero-order valence-electron chi connectivity index (χ0n) is 14.0. The van der Waals surface area contributed by atoms with E-state index in [9.17, 15) is 4.79 Å². The molecule has 0 aromatic heterocycles. The van der Waals surface area contributed by atoms with E-state index < -0.39 is 17.9 Å². The second-order valence-electron chi connectivity index (χ2n) is 6.29. The quantitative estimate of drug-likeness (QED) is 0.588. The average molecular weight is 389 g/mol. The highest BCUT2D eigenvalue weighted by Crippen LogP contribution is 2.28. The molecule has 2 aromatic carbocycles. The SMILES string of the molecule is CC(C)(C)OC(=O)OC(/C=C/c1ccccc1)c1ccccc1Br. The molecule has 126 valence electrons. The van der Waals surface area contributed by atoms with Gasteiger partial charge < -0.3 is 9.47 Å². The maximum absolute atomic E-state index is 12.1. The fraction of sp³-hybridized carbons (Fsp3) is 0.250. The monoisotopic (exact) mass is 388 g/mol. The first kappa shape index (κ1) is 18.3. The third-order valence-corrected chi connectivity index (χ3v) is 3.81. The van der Waals surface area contributed by atoms with Crippen molar-refractivity contribution in [2.75, 3.05) is 0 Å². The molecule has 3 nitrogen and oxygen atoms in total. The van der Waals surface area contributed by atoms with Gasteiger partial charge in [-0.05, 0) is 38.5 Å². The number of carbonyl (C=O) groups is 1. The molecule has 2 rings (SSSR count). The molecule has 1 atom stereocenters. The summed E-state index contributed by atoms with van der Waals surface area (Å²) in [4.78, 5) is 12.1. The van der Waals surface area contributed by atoms with Gasteiger partial charge in [0.05, 0.1) is 0 Å². The summed E-state index contributed by atoms with van der Waals surface area (Å²) in [5.41, 5.74) is 1.29. The van der Waals surface area contributed by atoms with Gasteiger partial charge in [0.25, 0.3) is 0 Å². The fourth-order valence-electron chi connectivity index (χ4n) is 2.05. The molecule has 0 amide bonds. The van der Waals surface area contributed by atoms with Gasteiger partial charge in [-0.15, -0.1) is 0 Å². The van der Waals surface area contributed by atoms with E-state index in [2.05, 4.69) is 15.9 Å². The molecule has 0 heterocycles. The molecule has 0 bridgehead atoms. The van der Waals surface area contributed by atoms with Crippen molar-refractivity contribution in [3.05, 3.63) is 76.3 Å². The summed E-state index contributed by atoms with van der Waals surface area (Å²) < 4.78 is 11.7. The molecular formula is C20H21BrO3. The molecule has 0 aliphatic rings. The van der Waals surface area contributed by atoms with E-state index in [-0.39, 0.29) is 0 Å². The molecule has 0 fully saturated rings. The average Bonchev–Trinajstić information content (AvgIpc) is 2.51. The van der Waals surface area contributed by atoms with Crippen molar-refractivity contribution < 1.29 is 14.3 Å². The first-order chi connectivity index (χ1) is 11.3. The van der Waals surface area contributed by atoms with Crippen LogP contribution in [0.1, 0.15) is 38.0 Å². The summed E-state index contributed by atoms with van der Waals surface area (Å²) >= 11 is 3.51. The highest BCUT2D eigenvalue weighted by Gasteiger charge is 2.22. The van der Waals surface area contributed by atoms with Gasteiger partial charge in [-0.1, -0.05) is 70.5 Å². The normalized spacial score (nSPS) is 12.8. The Labute approximate surface area is 151 Å². The minimum atomic E-state index is -0.694. The van der Waals surface area contributed by atoms with Crippen LogP contribution in [0.25, 0.3) is 6.08 Å². The number of carbonyl (C=O) groups excluding carboxylic acids is 1. The summed E-state index contributed by atoms with van der Waals surface area (Å²) in [6.45, 7) is 5.42. The Hall–Kier alpha value is -2.07. The molecule has 0 saturated carbocycles. The zero-order valence-corrected chi connectivity index (χ0v) is 15.6. The number of hydrogen-bond donors (Lipinski definition) is 0. The lowest BCUT2D eigenvalue weighted by Gasteiger charge is -2.22. The molecule has 0 N–H and O–H groups in total. The van der Waals surface area contributed by atoms with Crippen LogP contribution in [-0.2, 0) is 9.47 Å². The zero-order chi connectivity index (χ0) is 17.6. The number of ether oxygens (including phenoxy) is 2. The van der Waals surface area contributed by atoms with E-state index in [1.165, 1.54) is 0 Å². The highest BCUT2D eigenvalue weighted by atomic mass is 79.9. The molecule has 0 radical (unpaired) electrons.